The smallest absolute Gasteiger partial charge is 0.255 e. The number of aromatic nitrogens is 2. The van der Waals surface area contributed by atoms with Gasteiger partial charge in [0, 0.05) is 23.0 Å². The van der Waals surface area contributed by atoms with Gasteiger partial charge in [-0.25, -0.2) is 13.8 Å². The van der Waals surface area contributed by atoms with Crippen LogP contribution < -0.4 is 5.32 Å². The summed E-state index contributed by atoms with van der Waals surface area (Å²) in [7, 11) is 0. The van der Waals surface area contributed by atoms with E-state index in [4.69, 9.17) is 11.6 Å². The molecule has 0 saturated heterocycles. The third kappa shape index (κ3) is 4.34. The molecule has 1 N–H and O–H groups in total. The van der Waals surface area contributed by atoms with Crippen molar-refractivity contribution in [2.75, 3.05) is 5.32 Å². The van der Waals surface area contributed by atoms with E-state index in [1.165, 1.54) is 38.2 Å². The second-order valence-electron chi connectivity index (χ2n) is 6.87. The SMILES string of the molecule is Cc1ccc(NC(=O)c2ccnc(C(C)(C)F)c2)cc1-c1cc(Cl)ncc1F. The highest BCUT2D eigenvalue weighted by atomic mass is 35.5. The zero-order chi connectivity index (χ0) is 20.5. The summed E-state index contributed by atoms with van der Waals surface area (Å²) in [6, 6.07) is 9.47. The fourth-order valence-corrected chi connectivity index (χ4v) is 2.87. The lowest BCUT2D eigenvalue weighted by Crippen LogP contribution is -2.16. The van der Waals surface area contributed by atoms with Gasteiger partial charge in [-0.15, -0.1) is 0 Å². The van der Waals surface area contributed by atoms with Crippen LogP contribution in [-0.2, 0) is 5.67 Å². The average molecular weight is 402 g/mol. The molecular formula is C21H18ClF2N3O. The summed E-state index contributed by atoms with van der Waals surface area (Å²) >= 11 is 5.89. The van der Waals surface area contributed by atoms with Crippen LogP contribution in [0.3, 0.4) is 0 Å². The Labute approximate surface area is 166 Å². The van der Waals surface area contributed by atoms with Gasteiger partial charge in [-0.3, -0.25) is 9.78 Å². The van der Waals surface area contributed by atoms with E-state index in [0.29, 0.717) is 16.8 Å². The molecule has 3 rings (SSSR count). The maximum atomic E-state index is 14.2. The minimum atomic E-state index is -1.66. The first-order valence-electron chi connectivity index (χ1n) is 8.54. The van der Waals surface area contributed by atoms with Gasteiger partial charge in [0.2, 0.25) is 0 Å². The Morgan fingerprint density at radius 1 is 1.11 bits per heavy atom. The van der Waals surface area contributed by atoms with E-state index in [-0.39, 0.29) is 16.4 Å². The lowest BCUT2D eigenvalue weighted by atomic mass is 10.00. The zero-order valence-electron chi connectivity index (χ0n) is 15.6. The summed E-state index contributed by atoms with van der Waals surface area (Å²) in [6.45, 7) is 4.57. The zero-order valence-corrected chi connectivity index (χ0v) is 16.3. The van der Waals surface area contributed by atoms with E-state index in [0.717, 1.165) is 11.8 Å². The van der Waals surface area contributed by atoms with E-state index < -0.39 is 17.4 Å². The average Bonchev–Trinajstić information content (AvgIpc) is 2.65. The van der Waals surface area contributed by atoms with Crippen molar-refractivity contribution in [1.29, 1.82) is 0 Å². The molecule has 0 radical (unpaired) electrons. The normalized spacial score (nSPS) is 11.4. The van der Waals surface area contributed by atoms with Gasteiger partial charge in [0.05, 0.1) is 11.9 Å². The Kier molecular flexibility index (Phi) is 5.42. The largest absolute Gasteiger partial charge is 0.322 e. The Balaban J connectivity index is 1.92. The molecule has 28 heavy (non-hydrogen) atoms. The number of aryl methyl sites for hydroxylation is 1. The van der Waals surface area contributed by atoms with Gasteiger partial charge in [-0.05, 0) is 62.2 Å². The monoisotopic (exact) mass is 401 g/mol. The van der Waals surface area contributed by atoms with E-state index >= 15 is 0 Å². The predicted octanol–water partition coefficient (Wildman–Crippen LogP) is 5.70. The predicted molar refractivity (Wildman–Crippen MR) is 106 cm³/mol. The summed E-state index contributed by atoms with van der Waals surface area (Å²) < 4.78 is 28.3. The molecule has 2 aromatic heterocycles. The van der Waals surface area contributed by atoms with Crippen LogP contribution in [0.2, 0.25) is 5.15 Å². The Morgan fingerprint density at radius 3 is 2.57 bits per heavy atom. The Bertz CT molecular complexity index is 1050. The number of amides is 1. The molecule has 0 fully saturated rings. The standard InChI is InChI=1S/C21H18ClF2N3O/c1-12-4-5-14(9-15(12)16-10-19(22)26-11-17(16)23)27-20(28)13-6-7-25-18(8-13)21(2,3)24/h4-11H,1-3H3,(H,27,28). The van der Waals surface area contributed by atoms with Gasteiger partial charge in [-0.2, -0.15) is 0 Å². The summed E-state index contributed by atoms with van der Waals surface area (Å²) in [6.07, 6.45) is 2.44. The van der Waals surface area contributed by atoms with Crippen molar-refractivity contribution >= 4 is 23.2 Å². The van der Waals surface area contributed by atoms with Crippen LogP contribution in [0.15, 0.2) is 48.8 Å². The van der Waals surface area contributed by atoms with Gasteiger partial charge in [-0.1, -0.05) is 17.7 Å². The van der Waals surface area contributed by atoms with E-state index in [1.807, 2.05) is 6.92 Å². The first-order valence-corrected chi connectivity index (χ1v) is 8.92. The van der Waals surface area contributed by atoms with Crippen LogP contribution in [0.5, 0.6) is 0 Å². The molecule has 0 saturated carbocycles. The molecule has 0 aliphatic carbocycles. The first kappa shape index (κ1) is 19.9. The highest BCUT2D eigenvalue weighted by Gasteiger charge is 2.22. The molecule has 4 nitrogen and oxygen atoms in total. The number of carbonyl (C=O) groups excluding carboxylic acids is 1. The maximum Gasteiger partial charge on any atom is 0.255 e. The summed E-state index contributed by atoms with van der Waals surface area (Å²) in [4.78, 5) is 20.3. The van der Waals surface area contributed by atoms with Crippen molar-refractivity contribution in [1.82, 2.24) is 9.97 Å². The molecule has 1 amide bonds. The molecule has 7 heteroatoms. The van der Waals surface area contributed by atoms with Crippen molar-refractivity contribution in [3.8, 4) is 11.1 Å². The van der Waals surface area contributed by atoms with Crippen LogP contribution in [0.25, 0.3) is 11.1 Å². The van der Waals surface area contributed by atoms with Gasteiger partial charge in [0.15, 0.2) is 0 Å². The quantitative estimate of drug-likeness (QED) is 0.570. The number of hydrogen-bond acceptors (Lipinski definition) is 3. The fourth-order valence-electron chi connectivity index (χ4n) is 2.71. The number of carbonyl (C=O) groups is 1. The number of nitrogens with one attached hydrogen (secondary N) is 1. The lowest BCUT2D eigenvalue weighted by molar-refractivity contribution is 0.102. The molecule has 0 aliphatic heterocycles. The molecule has 0 spiro atoms. The molecule has 0 aliphatic rings. The highest BCUT2D eigenvalue weighted by Crippen LogP contribution is 2.30. The summed E-state index contributed by atoms with van der Waals surface area (Å²) in [5.74, 6) is -0.934. The number of benzene rings is 1. The number of halogens is 3. The number of rotatable bonds is 4. The van der Waals surface area contributed by atoms with E-state index in [9.17, 15) is 13.6 Å². The lowest BCUT2D eigenvalue weighted by Gasteiger charge is -2.15. The van der Waals surface area contributed by atoms with Crippen molar-refractivity contribution in [3.05, 3.63) is 76.6 Å². The second kappa shape index (κ2) is 7.64. The first-order chi connectivity index (χ1) is 13.1. The second-order valence-corrected chi connectivity index (χ2v) is 7.26. The van der Waals surface area contributed by atoms with Gasteiger partial charge >= 0.3 is 0 Å². The van der Waals surface area contributed by atoms with Crippen molar-refractivity contribution in [2.45, 2.75) is 26.4 Å². The van der Waals surface area contributed by atoms with Crippen molar-refractivity contribution < 1.29 is 13.6 Å². The number of pyridine rings is 2. The summed E-state index contributed by atoms with van der Waals surface area (Å²) in [5.41, 5.74) is 0.930. The van der Waals surface area contributed by atoms with Crippen LogP contribution in [0.4, 0.5) is 14.5 Å². The minimum Gasteiger partial charge on any atom is -0.322 e. The Hall–Kier alpha value is -2.86. The topological polar surface area (TPSA) is 54.9 Å². The fraction of sp³-hybridized carbons (Fsp3) is 0.190. The number of alkyl halides is 1. The third-order valence-corrected chi connectivity index (χ3v) is 4.45. The molecule has 144 valence electrons. The van der Waals surface area contributed by atoms with Gasteiger partial charge in [0.25, 0.3) is 5.91 Å². The van der Waals surface area contributed by atoms with Crippen LogP contribution in [-0.4, -0.2) is 15.9 Å². The van der Waals surface area contributed by atoms with Crippen LogP contribution in [0, 0.1) is 12.7 Å². The number of hydrogen-bond donors (Lipinski definition) is 1. The molecule has 0 bridgehead atoms. The van der Waals surface area contributed by atoms with Crippen LogP contribution >= 0.6 is 11.6 Å². The molecular weight excluding hydrogens is 384 g/mol. The molecule has 0 atom stereocenters. The van der Waals surface area contributed by atoms with E-state index in [2.05, 4.69) is 15.3 Å². The van der Waals surface area contributed by atoms with Gasteiger partial charge < -0.3 is 5.32 Å². The summed E-state index contributed by atoms with van der Waals surface area (Å²) in [5, 5.41) is 2.92. The maximum absolute atomic E-state index is 14.2. The Morgan fingerprint density at radius 2 is 1.86 bits per heavy atom. The minimum absolute atomic E-state index is 0.165. The highest BCUT2D eigenvalue weighted by molar-refractivity contribution is 6.29. The molecule has 1 aromatic carbocycles. The number of nitrogens with zero attached hydrogens (tertiary/aromatic N) is 2. The third-order valence-electron chi connectivity index (χ3n) is 4.24. The van der Waals surface area contributed by atoms with Gasteiger partial charge in [0.1, 0.15) is 16.6 Å². The molecule has 0 unspecified atom stereocenters. The molecule has 2 heterocycles. The van der Waals surface area contributed by atoms with Crippen molar-refractivity contribution in [3.63, 3.8) is 0 Å². The van der Waals surface area contributed by atoms with E-state index in [1.54, 1.807) is 18.2 Å². The number of anilines is 1. The van der Waals surface area contributed by atoms with Crippen LogP contribution in [0.1, 0.15) is 35.5 Å². The molecule has 3 aromatic rings. The van der Waals surface area contributed by atoms with Crippen molar-refractivity contribution in [2.24, 2.45) is 0 Å².